The zero-order valence-electron chi connectivity index (χ0n) is 21.4. The van der Waals surface area contributed by atoms with Gasteiger partial charge in [-0.2, -0.15) is 5.26 Å². The monoisotopic (exact) mass is 537 g/mol. The van der Waals surface area contributed by atoms with Gasteiger partial charge in [0.25, 0.3) is 18.5 Å². The molecule has 2 aliphatic heterocycles. The molecule has 1 saturated heterocycles. The molecule has 5 rings (SSSR count). The molecule has 0 saturated carbocycles. The van der Waals surface area contributed by atoms with E-state index in [9.17, 15) is 10.1 Å². The van der Waals surface area contributed by atoms with Crippen LogP contribution >= 0.6 is 0 Å². The molecule has 2 aliphatic rings. The van der Waals surface area contributed by atoms with E-state index in [1.54, 1.807) is 29.0 Å². The SMILES string of the molecule is N#Cc1ccc2ccc(=O)n(CCN3CCC(NCc4cc5c(cn4)OCCO5)CC3)c2c1.O=CO.O=CO. The molecule has 0 amide bonds. The maximum Gasteiger partial charge on any atom is 0.290 e. The Morgan fingerprint density at radius 2 is 1.69 bits per heavy atom. The van der Waals surface area contributed by atoms with Gasteiger partial charge in [-0.15, -0.1) is 0 Å². The summed E-state index contributed by atoms with van der Waals surface area (Å²) in [6.45, 7) is 4.74. The van der Waals surface area contributed by atoms with Gasteiger partial charge >= 0.3 is 0 Å². The number of nitrogens with zero attached hydrogens (tertiary/aromatic N) is 4. The van der Waals surface area contributed by atoms with E-state index in [2.05, 4.69) is 21.3 Å². The molecular formula is C27H31N5O7. The Morgan fingerprint density at radius 3 is 2.38 bits per heavy atom. The standard InChI is InChI=1S/C25H27N5O3.2CH2O2/c26-15-18-1-2-19-3-4-25(31)30(22(19)13-18)10-9-29-7-5-20(6-8-29)27-16-21-14-23-24(17-28-21)33-12-11-32-23;2*2-1-3/h1-4,13-14,17,20,27H,5-12,16H2;2*1H,(H,2,3). The van der Waals surface area contributed by atoms with Crippen LogP contribution in [0.5, 0.6) is 11.5 Å². The van der Waals surface area contributed by atoms with Crippen molar-refractivity contribution in [3.63, 3.8) is 0 Å². The van der Waals surface area contributed by atoms with Crippen LogP contribution in [0.2, 0.25) is 0 Å². The second-order valence-corrected chi connectivity index (χ2v) is 8.74. The number of carbonyl (C=O) groups is 2. The number of nitrogens with one attached hydrogen (secondary N) is 1. The number of rotatable bonds is 6. The highest BCUT2D eigenvalue weighted by Crippen LogP contribution is 2.29. The molecule has 0 unspecified atom stereocenters. The van der Waals surface area contributed by atoms with Gasteiger partial charge in [-0.3, -0.25) is 19.4 Å². The number of carboxylic acid groups (broad SMARTS) is 2. The summed E-state index contributed by atoms with van der Waals surface area (Å²) in [4.78, 5) is 36.1. The molecule has 12 heteroatoms. The maximum absolute atomic E-state index is 12.5. The Hall–Kier alpha value is -4.47. The lowest BCUT2D eigenvalue weighted by molar-refractivity contribution is -0.123. The first kappa shape index (κ1) is 29.1. The molecule has 0 radical (unpaired) electrons. The quantitative estimate of drug-likeness (QED) is 0.392. The summed E-state index contributed by atoms with van der Waals surface area (Å²) in [6, 6.07) is 13.5. The van der Waals surface area contributed by atoms with Crippen LogP contribution in [-0.4, -0.2) is 76.5 Å². The lowest BCUT2D eigenvalue weighted by Gasteiger charge is -2.32. The molecule has 0 atom stereocenters. The van der Waals surface area contributed by atoms with Gasteiger partial charge in [0.1, 0.15) is 13.2 Å². The fourth-order valence-corrected chi connectivity index (χ4v) is 4.53. The summed E-state index contributed by atoms with van der Waals surface area (Å²) in [7, 11) is 0. The van der Waals surface area contributed by atoms with Crippen molar-refractivity contribution in [1.82, 2.24) is 19.8 Å². The minimum absolute atomic E-state index is 0.0268. The highest BCUT2D eigenvalue weighted by molar-refractivity contribution is 5.80. The van der Waals surface area contributed by atoms with Crippen LogP contribution < -0.4 is 20.3 Å². The summed E-state index contributed by atoms with van der Waals surface area (Å²) in [5.41, 5.74) is 2.32. The lowest BCUT2D eigenvalue weighted by Crippen LogP contribution is -2.43. The molecule has 2 aromatic heterocycles. The molecule has 3 aromatic rings. The number of hydrogen-bond donors (Lipinski definition) is 3. The third-order valence-electron chi connectivity index (χ3n) is 6.41. The number of benzene rings is 1. The van der Waals surface area contributed by atoms with Crippen molar-refractivity contribution >= 4 is 23.8 Å². The topological polar surface area (TPSA) is 167 Å². The van der Waals surface area contributed by atoms with Crippen molar-refractivity contribution in [2.75, 3.05) is 32.8 Å². The van der Waals surface area contributed by atoms with Gasteiger partial charge in [-0.1, -0.05) is 6.07 Å². The number of nitriles is 1. The largest absolute Gasteiger partial charge is 0.486 e. The summed E-state index contributed by atoms with van der Waals surface area (Å²) in [5, 5.41) is 27.6. The Labute approximate surface area is 225 Å². The zero-order chi connectivity index (χ0) is 28.0. The van der Waals surface area contributed by atoms with Crippen molar-refractivity contribution < 1.29 is 29.3 Å². The van der Waals surface area contributed by atoms with Crippen LogP contribution in [0.3, 0.4) is 0 Å². The average Bonchev–Trinajstić information content (AvgIpc) is 2.96. The van der Waals surface area contributed by atoms with Crippen molar-refractivity contribution in [2.45, 2.75) is 32.0 Å². The van der Waals surface area contributed by atoms with E-state index in [0.717, 1.165) is 54.8 Å². The minimum Gasteiger partial charge on any atom is -0.486 e. The van der Waals surface area contributed by atoms with Crippen LogP contribution in [0.1, 0.15) is 24.1 Å². The van der Waals surface area contributed by atoms with E-state index in [1.165, 1.54) is 0 Å². The van der Waals surface area contributed by atoms with Gasteiger partial charge < -0.3 is 34.5 Å². The summed E-state index contributed by atoms with van der Waals surface area (Å²) in [6.07, 6.45) is 3.84. The van der Waals surface area contributed by atoms with Gasteiger partial charge in [0, 0.05) is 37.8 Å². The predicted molar refractivity (Wildman–Crippen MR) is 142 cm³/mol. The highest BCUT2D eigenvalue weighted by atomic mass is 16.6. The van der Waals surface area contributed by atoms with Gasteiger partial charge in [0.05, 0.1) is 29.0 Å². The summed E-state index contributed by atoms with van der Waals surface area (Å²) >= 11 is 0. The fraction of sp³-hybridized carbons (Fsp3) is 0.370. The van der Waals surface area contributed by atoms with E-state index in [1.807, 2.05) is 18.2 Å². The second kappa shape index (κ2) is 15.1. The van der Waals surface area contributed by atoms with Gasteiger partial charge in [0.15, 0.2) is 11.5 Å². The van der Waals surface area contributed by atoms with Crippen molar-refractivity contribution in [2.24, 2.45) is 0 Å². The second-order valence-electron chi connectivity index (χ2n) is 8.74. The number of ether oxygens (including phenoxy) is 2. The molecule has 1 fully saturated rings. The molecule has 4 heterocycles. The molecule has 206 valence electrons. The molecule has 0 spiro atoms. The van der Waals surface area contributed by atoms with E-state index >= 15 is 0 Å². The number of aromatic nitrogens is 2. The zero-order valence-corrected chi connectivity index (χ0v) is 21.4. The first-order valence-electron chi connectivity index (χ1n) is 12.4. The first-order valence-corrected chi connectivity index (χ1v) is 12.4. The number of likely N-dealkylation sites (tertiary alicyclic amines) is 1. The van der Waals surface area contributed by atoms with Crippen molar-refractivity contribution in [1.29, 1.82) is 5.26 Å². The average molecular weight is 538 g/mol. The summed E-state index contributed by atoms with van der Waals surface area (Å²) in [5.74, 6) is 1.49. The Balaban J connectivity index is 0.000000643. The van der Waals surface area contributed by atoms with Crippen LogP contribution in [0, 0.1) is 11.3 Å². The number of hydrogen-bond acceptors (Lipinski definition) is 9. The third kappa shape index (κ3) is 8.26. The van der Waals surface area contributed by atoms with Crippen LogP contribution in [0.4, 0.5) is 0 Å². The number of pyridine rings is 2. The van der Waals surface area contributed by atoms with E-state index in [4.69, 9.17) is 29.3 Å². The fourth-order valence-electron chi connectivity index (χ4n) is 4.53. The predicted octanol–water partition coefficient (Wildman–Crippen LogP) is 1.70. The smallest absolute Gasteiger partial charge is 0.290 e. The first-order chi connectivity index (χ1) is 19.0. The van der Waals surface area contributed by atoms with Crippen LogP contribution in [0.25, 0.3) is 10.9 Å². The molecule has 0 aliphatic carbocycles. The number of piperidine rings is 1. The van der Waals surface area contributed by atoms with E-state index < -0.39 is 0 Å². The molecule has 1 aromatic carbocycles. The van der Waals surface area contributed by atoms with Gasteiger partial charge in [-0.05, 0) is 49.5 Å². The minimum atomic E-state index is -0.250. The van der Waals surface area contributed by atoms with E-state index in [0.29, 0.717) is 43.7 Å². The Morgan fingerprint density at radius 1 is 1.03 bits per heavy atom. The highest BCUT2D eigenvalue weighted by Gasteiger charge is 2.20. The Kier molecular flexibility index (Phi) is 11.2. The van der Waals surface area contributed by atoms with E-state index in [-0.39, 0.29) is 18.5 Å². The maximum atomic E-state index is 12.5. The molecule has 3 N–H and O–H groups in total. The summed E-state index contributed by atoms with van der Waals surface area (Å²) < 4.78 is 13.0. The molecule has 39 heavy (non-hydrogen) atoms. The van der Waals surface area contributed by atoms with Crippen molar-refractivity contribution in [3.8, 4) is 17.6 Å². The van der Waals surface area contributed by atoms with Gasteiger partial charge in [0.2, 0.25) is 0 Å². The van der Waals surface area contributed by atoms with Crippen molar-refractivity contribution in [3.05, 3.63) is 64.2 Å². The lowest BCUT2D eigenvalue weighted by atomic mass is 10.0. The Bertz CT molecular complexity index is 1340. The molecule has 12 nitrogen and oxygen atoms in total. The van der Waals surface area contributed by atoms with Gasteiger partial charge in [-0.25, -0.2) is 0 Å². The van der Waals surface area contributed by atoms with Crippen LogP contribution in [0.15, 0.2) is 47.4 Å². The molecule has 0 bridgehead atoms. The normalized spacial score (nSPS) is 14.6. The third-order valence-corrected chi connectivity index (χ3v) is 6.41. The molecular weight excluding hydrogens is 506 g/mol. The number of fused-ring (bicyclic) bond motifs is 2. The van der Waals surface area contributed by atoms with Crippen LogP contribution in [-0.2, 0) is 22.7 Å².